The van der Waals surface area contributed by atoms with Crippen LogP contribution in [0, 0.1) is 0 Å². The summed E-state index contributed by atoms with van der Waals surface area (Å²) in [5.74, 6) is 0. The molecule has 1 saturated heterocycles. The number of nitrogens with zero attached hydrogens (tertiary/aromatic N) is 3. The maximum absolute atomic E-state index is 11.0. The van der Waals surface area contributed by atoms with Crippen molar-refractivity contribution in [2.24, 2.45) is 0 Å². The molecule has 4 nitrogen and oxygen atoms in total. The van der Waals surface area contributed by atoms with E-state index in [1.807, 2.05) is 0 Å². The molecule has 2 aliphatic rings. The van der Waals surface area contributed by atoms with Gasteiger partial charge in [0.25, 0.3) is 0 Å². The van der Waals surface area contributed by atoms with Gasteiger partial charge in [0.2, 0.25) is 0 Å². The quantitative estimate of drug-likeness (QED) is 0.567. The third-order valence-corrected chi connectivity index (χ3v) is 6.86. The number of aliphatic hydroxyl groups excluding tert-OH is 1. The highest BCUT2D eigenvalue weighted by atomic mass is 35.5. The maximum Gasteiger partial charge on any atom is 0.0845 e. The number of aryl methyl sites for hydroxylation is 1. The molecule has 0 spiro atoms. The zero-order valence-corrected chi connectivity index (χ0v) is 20.3. The van der Waals surface area contributed by atoms with E-state index in [-0.39, 0.29) is 30.9 Å². The predicted molar refractivity (Wildman–Crippen MR) is 137 cm³/mol. The number of β-amino-alcohol motifs (C(OH)–C–C–N with tert-alkyl or cyclic N) is 1. The van der Waals surface area contributed by atoms with Gasteiger partial charge in [-0.2, -0.15) is 0 Å². The van der Waals surface area contributed by atoms with Gasteiger partial charge in [0.05, 0.1) is 12.6 Å². The first-order chi connectivity index (χ1) is 14.8. The average Bonchev–Trinajstić information content (AvgIpc) is 3.10. The van der Waals surface area contributed by atoms with E-state index in [1.165, 1.54) is 47.0 Å². The summed E-state index contributed by atoms with van der Waals surface area (Å²) in [6.07, 6.45) is 4.56. The van der Waals surface area contributed by atoms with Crippen LogP contribution in [0.25, 0.3) is 10.9 Å². The Kier molecular flexibility index (Phi) is 9.04. The second-order valence-corrected chi connectivity index (χ2v) is 8.98. The van der Waals surface area contributed by atoms with Crippen molar-refractivity contribution in [1.82, 2.24) is 14.4 Å². The van der Waals surface area contributed by atoms with Crippen LogP contribution in [0.1, 0.15) is 29.7 Å². The van der Waals surface area contributed by atoms with Crippen LogP contribution in [0.15, 0.2) is 54.6 Å². The number of para-hydroxylation sites is 1. The molecular weight excluding hydrogens is 441 g/mol. The van der Waals surface area contributed by atoms with Crippen LogP contribution in [-0.4, -0.2) is 58.3 Å². The maximum atomic E-state index is 11.0. The molecule has 1 aromatic heterocycles. The largest absolute Gasteiger partial charge is 0.390 e. The minimum atomic E-state index is -0.326. The summed E-state index contributed by atoms with van der Waals surface area (Å²) in [7, 11) is 0. The van der Waals surface area contributed by atoms with E-state index in [0.29, 0.717) is 6.54 Å². The third kappa shape index (κ3) is 5.49. The van der Waals surface area contributed by atoms with Crippen LogP contribution in [0.3, 0.4) is 0 Å². The van der Waals surface area contributed by atoms with Gasteiger partial charge in [0.15, 0.2) is 0 Å². The Morgan fingerprint density at radius 3 is 2.19 bits per heavy atom. The highest BCUT2D eigenvalue weighted by molar-refractivity contribution is 5.86. The lowest BCUT2D eigenvalue weighted by Gasteiger charge is -2.35. The zero-order valence-electron chi connectivity index (χ0n) is 18.7. The number of halogens is 2. The standard InChI is InChI=1S/C26H33N3O.2ClH/c30-22(19-28-16-14-27(15-17-28)18-21-8-2-1-3-9-21)20-29-25-12-6-4-10-23(25)24-11-5-7-13-26(24)29;;/h1-4,6,8-10,12,22,30H,5,7,11,13-20H2;2*1H. The van der Waals surface area contributed by atoms with Crippen LogP contribution in [0.2, 0.25) is 0 Å². The molecule has 32 heavy (non-hydrogen) atoms. The number of hydrogen-bond acceptors (Lipinski definition) is 3. The molecule has 174 valence electrons. The summed E-state index contributed by atoms with van der Waals surface area (Å²) < 4.78 is 2.42. The Hall–Kier alpha value is -1.56. The van der Waals surface area contributed by atoms with E-state index in [0.717, 1.165) is 45.7 Å². The molecule has 1 unspecified atom stereocenters. The molecule has 5 rings (SSSR count). The van der Waals surface area contributed by atoms with Crippen molar-refractivity contribution in [2.75, 3.05) is 32.7 Å². The Labute approximate surface area is 204 Å². The molecule has 0 radical (unpaired) electrons. The van der Waals surface area contributed by atoms with Gasteiger partial charge in [0, 0.05) is 55.9 Å². The van der Waals surface area contributed by atoms with Gasteiger partial charge in [-0.15, -0.1) is 24.8 Å². The van der Waals surface area contributed by atoms with Gasteiger partial charge in [-0.05, 0) is 42.9 Å². The van der Waals surface area contributed by atoms with Gasteiger partial charge in [-0.1, -0.05) is 48.5 Å². The van der Waals surface area contributed by atoms with Crippen molar-refractivity contribution in [3.63, 3.8) is 0 Å². The summed E-state index contributed by atoms with van der Waals surface area (Å²) in [6.45, 7) is 6.72. The molecule has 1 aliphatic heterocycles. The topological polar surface area (TPSA) is 31.6 Å². The van der Waals surface area contributed by atoms with Crippen LogP contribution >= 0.6 is 24.8 Å². The molecule has 1 fully saturated rings. The lowest BCUT2D eigenvalue weighted by molar-refractivity contribution is 0.0624. The summed E-state index contributed by atoms with van der Waals surface area (Å²) in [5.41, 5.74) is 5.68. The first kappa shape index (κ1) is 25.1. The lowest BCUT2D eigenvalue weighted by Crippen LogP contribution is -2.48. The SMILES string of the molecule is Cl.Cl.OC(CN1CCN(Cc2ccccc2)CC1)Cn1c2c(c3ccccc31)CCCC2. The molecule has 0 amide bonds. The van der Waals surface area contributed by atoms with Gasteiger partial charge in [0.1, 0.15) is 0 Å². The van der Waals surface area contributed by atoms with E-state index in [4.69, 9.17) is 0 Å². The van der Waals surface area contributed by atoms with Gasteiger partial charge >= 0.3 is 0 Å². The Balaban J connectivity index is 0.00000144. The third-order valence-electron chi connectivity index (χ3n) is 6.86. The number of benzene rings is 2. The highest BCUT2D eigenvalue weighted by Crippen LogP contribution is 2.32. The minimum Gasteiger partial charge on any atom is -0.390 e. The van der Waals surface area contributed by atoms with Crippen LogP contribution in [0.5, 0.6) is 0 Å². The number of rotatable bonds is 6. The number of aromatic nitrogens is 1. The second kappa shape index (κ2) is 11.5. The van der Waals surface area contributed by atoms with Crippen molar-refractivity contribution < 1.29 is 5.11 Å². The highest BCUT2D eigenvalue weighted by Gasteiger charge is 2.23. The fourth-order valence-corrected chi connectivity index (χ4v) is 5.33. The van der Waals surface area contributed by atoms with Crippen molar-refractivity contribution in [3.05, 3.63) is 71.4 Å². The predicted octanol–water partition coefficient (Wildman–Crippen LogP) is 4.54. The summed E-state index contributed by atoms with van der Waals surface area (Å²) in [6, 6.07) is 19.5. The number of piperazine rings is 1. The monoisotopic (exact) mass is 475 g/mol. The number of hydrogen-bond donors (Lipinski definition) is 1. The van der Waals surface area contributed by atoms with Gasteiger partial charge < -0.3 is 9.67 Å². The van der Waals surface area contributed by atoms with E-state index < -0.39 is 0 Å². The van der Waals surface area contributed by atoms with Crippen molar-refractivity contribution in [1.29, 1.82) is 0 Å². The lowest BCUT2D eigenvalue weighted by atomic mass is 9.95. The fourth-order valence-electron chi connectivity index (χ4n) is 5.33. The average molecular weight is 476 g/mol. The van der Waals surface area contributed by atoms with E-state index >= 15 is 0 Å². The molecule has 3 aromatic rings. The summed E-state index contributed by atoms with van der Waals surface area (Å²) >= 11 is 0. The summed E-state index contributed by atoms with van der Waals surface area (Å²) in [4.78, 5) is 4.96. The fraction of sp³-hybridized carbons (Fsp3) is 0.462. The normalized spacial score (nSPS) is 17.9. The zero-order chi connectivity index (χ0) is 20.3. The van der Waals surface area contributed by atoms with Crippen LogP contribution in [-0.2, 0) is 25.9 Å². The van der Waals surface area contributed by atoms with Crippen molar-refractivity contribution >= 4 is 35.7 Å². The molecule has 2 aromatic carbocycles. The minimum absolute atomic E-state index is 0. The second-order valence-electron chi connectivity index (χ2n) is 8.98. The smallest absolute Gasteiger partial charge is 0.0845 e. The first-order valence-corrected chi connectivity index (χ1v) is 11.5. The van der Waals surface area contributed by atoms with Gasteiger partial charge in [-0.3, -0.25) is 9.80 Å². The Bertz CT molecular complexity index is 983. The molecule has 0 bridgehead atoms. The van der Waals surface area contributed by atoms with Crippen LogP contribution in [0.4, 0.5) is 0 Å². The first-order valence-electron chi connectivity index (χ1n) is 11.5. The van der Waals surface area contributed by atoms with Crippen molar-refractivity contribution in [2.45, 2.75) is 44.9 Å². The van der Waals surface area contributed by atoms with Crippen LogP contribution < -0.4 is 0 Å². The Morgan fingerprint density at radius 2 is 1.41 bits per heavy atom. The molecule has 1 aliphatic carbocycles. The molecule has 1 N–H and O–H groups in total. The molecule has 0 saturated carbocycles. The van der Waals surface area contributed by atoms with E-state index in [9.17, 15) is 5.11 Å². The Morgan fingerprint density at radius 1 is 0.750 bits per heavy atom. The molecule has 2 heterocycles. The molecule has 1 atom stereocenters. The van der Waals surface area contributed by atoms with Crippen molar-refractivity contribution in [3.8, 4) is 0 Å². The number of fused-ring (bicyclic) bond motifs is 3. The molecule has 6 heteroatoms. The molecular formula is C26H35Cl2N3O. The van der Waals surface area contributed by atoms with E-state index in [1.54, 1.807) is 0 Å². The van der Waals surface area contributed by atoms with Gasteiger partial charge in [-0.25, -0.2) is 0 Å². The summed E-state index contributed by atoms with van der Waals surface area (Å²) in [5, 5.41) is 12.4. The van der Waals surface area contributed by atoms with E-state index in [2.05, 4.69) is 69.0 Å². The number of aliphatic hydroxyl groups is 1.